The van der Waals surface area contributed by atoms with Gasteiger partial charge in [-0.3, -0.25) is 14.4 Å². The highest BCUT2D eigenvalue weighted by atomic mass is 19.4. The second-order valence-corrected chi connectivity index (χ2v) is 13.1. The number of aliphatic hydroxyl groups excluding tert-OH is 1. The van der Waals surface area contributed by atoms with Crippen LogP contribution in [0.2, 0.25) is 0 Å². The van der Waals surface area contributed by atoms with Gasteiger partial charge in [-0.25, -0.2) is 4.39 Å². The zero-order chi connectivity index (χ0) is 36.5. The molecule has 0 spiro atoms. The topological polar surface area (TPSA) is 111 Å². The number of aryl methyl sites for hydroxylation is 1. The summed E-state index contributed by atoms with van der Waals surface area (Å²) in [6.07, 6.45) is -3.97. The van der Waals surface area contributed by atoms with Crippen molar-refractivity contribution in [3.8, 4) is 0 Å². The number of benzene rings is 3. The van der Waals surface area contributed by atoms with E-state index in [1.54, 1.807) is 0 Å². The van der Waals surface area contributed by atoms with Gasteiger partial charge in [-0.05, 0) is 66.5 Å². The van der Waals surface area contributed by atoms with E-state index in [0.717, 1.165) is 23.3 Å². The SMILES string of the molecule is CC[C@H](C)[C@@]1(NC(C)=O)CCN([C@@H](CCc2ccccc2)C(=O)N[C@@H](Cc2ccccc2)[C@H](O)CNCc2cc(F)cc(C(F)(F)F)c2)C1=O. The molecule has 8 nitrogen and oxygen atoms in total. The lowest BCUT2D eigenvalue weighted by atomic mass is 9.81. The molecule has 1 saturated heterocycles. The highest BCUT2D eigenvalue weighted by Crippen LogP contribution is 2.35. The number of likely N-dealkylation sites (tertiary alicyclic amines) is 1. The lowest BCUT2D eigenvalue weighted by molar-refractivity contribution is -0.144. The van der Waals surface area contributed by atoms with Crippen LogP contribution in [-0.2, 0) is 39.9 Å². The quantitative estimate of drug-likeness (QED) is 0.154. The molecule has 5 atom stereocenters. The average molecular weight is 699 g/mol. The van der Waals surface area contributed by atoms with E-state index >= 15 is 0 Å². The van der Waals surface area contributed by atoms with Gasteiger partial charge in [-0.1, -0.05) is 80.9 Å². The molecule has 50 heavy (non-hydrogen) atoms. The van der Waals surface area contributed by atoms with Crippen molar-refractivity contribution in [2.45, 2.75) is 89.3 Å². The number of aliphatic hydroxyl groups is 1. The summed E-state index contributed by atoms with van der Waals surface area (Å²) in [5, 5.41) is 20.1. The van der Waals surface area contributed by atoms with Crippen molar-refractivity contribution in [3.63, 3.8) is 0 Å². The molecular formula is C38H46F4N4O4. The van der Waals surface area contributed by atoms with Crippen LogP contribution in [0.25, 0.3) is 0 Å². The smallest absolute Gasteiger partial charge is 0.390 e. The van der Waals surface area contributed by atoms with E-state index in [9.17, 15) is 37.1 Å². The maximum atomic E-state index is 14.3. The Labute approximate surface area is 290 Å². The number of carbonyl (C=O) groups excluding carboxylic acids is 3. The van der Waals surface area contributed by atoms with Gasteiger partial charge in [0, 0.05) is 26.6 Å². The molecule has 0 aliphatic carbocycles. The van der Waals surface area contributed by atoms with Crippen LogP contribution in [0.3, 0.4) is 0 Å². The molecule has 3 aromatic rings. The summed E-state index contributed by atoms with van der Waals surface area (Å²) >= 11 is 0. The summed E-state index contributed by atoms with van der Waals surface area (Å²) < 4.78 is 53.7. The van der Waals surface area contributed by atoms with Gasteiger partial charge < -0.3 is 26.0 Å². The summed E-state index contributed by atoms with van der Waals surface area (Å²) in [4.78, 5) is 42.3. The zero-order valence-corrected chi connectivity index (χ0v) is 28.6. The minimum atomic E-state index is -4.72. The Morgan fingerprint density at radius 2 is 1.62 bits per heavy atom. The van der Waals surface area contributed by atoms with Crippen LogP contribution in [0, 0.1) is 11.7 Å². The summed E-state index contributed by atoms with van der Waals surface area (Å²) in [6, 6.07) is 19.2. The third-order valence-corrected chi connectivity index (χ3v) is 9.53. The number of hydrogen-bond acceptors (Lipinski definition) is 5. The maximum Gasteiger partial charge on any atom is 0.416 e. The van der Waals surface area contributed by atoms with Crippen LogP contribution in [0.5, 0.6) is 0 Å². The van der Waals surface area contributed by atoms with E-state index in [2.05, 4.69) is 16.0 Å². The molecule has 0 bridgehead atoms. The number of nitrogens with one attached hydrogen (secondary N) is 3. The molecule has 1 heterocycles. The van der Waals surface area contributed by atoms with E-state index < -0.39 is 47.2 Å². The third-order valence-electron chi connectivity index (χ3n) is 9.53. The Balaban J connectivity index is 1.57. The number of alkyl halides is 3. The molecule has 1 fully saturated rings. The monoisotopic (exact) mass is 698 g/mol. The Bertz CT molecular complexity index is 1590. The van der Waals surface area contributed by atoms with Crippen LogP contribution in [-0.4, -0.2) is 64.5 Å². The summed E-state index contributed by atoms with van der Waals surface area (Å²) in [6.45, 7) is 5.17. The van der Waals surface area contributed by atoms with Crippen molar-refractivity contribution < 1.29 is 37.1 Å². The fourth-order valence-corrected chi connectivity index (χ4v) is 6.65. The maximum absolute atomic E-state index is 14.3. The highest BCUT2D eigenvalue weighted by Gasteiger charge is 2.53. The fraction of sp³-hybridized carbons (Fsp3) is 0.447. The summed E-state index contributed by atoms with van der Waals surface area (Å²) in [7, 11) is 0. The van der Waals surface area contributed by atoms with Gasteiger partial charge in [0.05, 0.1) is 17.7 Å². The zero-order valence-electron chi connectivity index (χ0n) is 28.6. The van der Waals surface area contributed by atoms with Crippen molar-refractivity contribution in [3.05, 3.63) is 107 Å². The second-order valence-electron chi connectivity index (χ2n) is 13.1. The van der Waals surface area contributed by atoms with Gasteiger partial charge in [0.15, 0.2) is 0 Å². The van der Waals surface area contributed by atoms with Gasteiger partial charge in [0.25, 0.3) is 0 Å². The normalized spacial score (nSPS) is 18.7. The molecule has 4 rings (SSSR count). The number of hydrogen-bond donors (Lipinski definition) is 4. The first-order chi connectivity index (χ1) is 23.7. The Hall–Kier alpha value is -4.29. The van der Waals surface area contributed by atoms with E-state index in [1.165, 1.54) is 11.8 Å². The van der Waals surface area contributed by atoms with Gasteiger partial charge in [0.2, 0.25) is 17.7 Å². The molecule has 1 aliphatic heterocycles. The van der Waals surface area contributed by atoms with Crippen LogP contribution in [0.1, 0.15) is 62.3 Å². The highest BCUT2D eigenvalue weighted by molar-refractivity contribution is 5.96. The first kappa shape index (κ1) is 38.5. The van der Waals surface area contributed by atoms with Gasteiger partial charge in [-0.15, -0.1) is 0 Å². The average Bonchev–Trinajstić information content (AvgIpc) is 3.39. The van der Waals surface area contributed by atoms with E-state index in [4.69, 9.17) is 0 Å². The van der Waals surface area contributed by atoms with Crippen LogP contribution >= 0.6 is 0 Å². The van der Waals surface area contributed by atoms with Crippen LogP contribution in [0.15, 0.2) is 78.9 Å². The Kier molecular flexibility index (Phi) is 13.2. The molecule has 1 aliphatic rings. The molecule has 0 radical (unpaired) electrons. The number of amides is 3. The van der Waals surface area contributed by atoms with Crippen molar-refractivity contribution in [1.82, 2.24) is 20.9 Å². The minimum absolute atomic E-state index is 0.0469. The molecular weight excluding hydrogens is 652 g/mol. The third kappa shape index (κ3) is 9.91. The molecule has 270 valence electrons. The van der Waals surface area contributed by atoms with E-state index in [0.29, 0.717) is 25.3 Å². The lowest BCUT2D eigenvalue weighted by Gasteiger charge is -2.36. The Morgan fingerprint density at radius 3 is 2.22 bits per heavy atom. The van der Waals surface area contributed by atoms with Crippen molar-refractivity contribution in [2.24, 2.45) is 5.92 Å². The van der Waals surface area contributed by atoms with Crippen molar-refractivity contribution in [2.75, 3.05) is 13.1 Å². The first-order valence-corrected chi connectivity index (χ1v) is 17.0. The molecule has 0 aromatic heterocycles. The summed E-state index contributed by atoms with van der Waals surface area (Å²) in [5.74, 6) is -2.36. The van der Waals surface area contributed by atoms with E-state index in [1.807, 2.05) is 74.5 Å². The Morgan fingerprint density at radius 1 is 0.980 bits per heavy atom. The second kappa shape index (κ2) is 17.1. The predicted molar refractivity (Wildman–Crippen MR) is 182 cm³/mol. The van der Waals surface area contributed by atoms with Gasteiger partial charge in [-0.2, -0.15) is 13.2 Å². The van der Waals surface area contributed by atoms with Crippen LogP contribution in [0.4, 0.5) is 17.6 Å². The lowest BCUT2D eigenvalue weighted by Crippen LogP contribution is -2.60. The van der Waals surface area contributed by atoms with Gasteiger partial charge in [0.1, 0.15) is 17.4 Å². The first-order valence-electron chi connectivity index (χ1n) is 17.0. The van der Waals surface area contributed by atoms with Crippen molar-refractivity contribution >= 4 is 17.7 Å². The van der Waals surface area contributed by atoms with Crippen molar-refractivity contribution in [1.29, 1.82) is 0 Å². The molecule has 4 N–H and O–H groups in total. The molecule has 12 heteroatoms. The standard InChI is InChI=1S/C38H46F4N4O4/c1-4-25(2)37(45-26(3)47)17-18-46(36(37)50)33(16-15-27-11-7-5-8-12-27)35(49)44-32(21-28-13-9-6-10-14-28)34(48)24-43-23-29-19-30(38(40,41)42)22-31(39)20-29/h5-14,19-20,22,25,32-34,43,48H,4,15-18,21,23-24H2,1-3H3,(H,44,49)(H,45,47)/t25-,32-,33-,34+,37-/m0/s1. The largest absolute Gasteiger partial charge is 0.416 e. The molecule has 3 amide bonds. The van der Waals surface area contributed by atoms with Crippen LogP contribution < -0.4 is 16.0 Å². The summed E-state index contributed by atoms with van der Waals surface area (Å²) in [5.41, 5.74) is -0.426. The number of rotatable bonds is 16. The number of halogens is 4. The minimum Gasteiger partial charge on any atom is -0.390 e. The van der Waals surface area contributed by atoms with Gasteiger partial charge >= 0.3 is 6.18 Å². The van der Waals surface area contributed by atoms with E-state index in [-0.39, 0.29) is 55.8 Å². The number of carbonyl (C=O) groups is 3. The molecule has 0 saturated carbocycles. The number of nitrogens with zero attached hydrogens (tertiary/aromatic N) is 1. The molecule has 3 aromatic carbocycles. The molecule has 0 unspecified atom stereocenters. The fourth-order valence-electron chi connectivity index (χ4n) is 6.65. The predicted octanol–water partition coefficient (Wildman–Crippen LogP) is 5.18.